The Morgan fingerprint density at radius 1 is 1.21 bits per heavy atom. The van der Waals surface area contributed by atoms with Crippen LogP contribution in [0.25, 0.3) is 0 Å². The van der Waals surface area contributed by atoms with Gasteiger partial charge in [0.05, 0.1) is 12.7 Å². The summed E-state index contributed by atoms with van der Waals surface area (Å²) in [5, 5.41) is 3.46. The number of carbonyl (C=O) groups excluding carboxylic acids is 1. The van der Waals surface area contributed by atoms with E-state index in [1.165, 1.54) is 51.6 Å². The van der Waals surface area contributed by atoms with Crippen LogP contribution in [0.5, 0.6) is 0 Å². The Labute approximate surface area is 116 Å². The van der Waals surface area contributed by atoms with Crippen LogP contribution in [0.3, 0.4) is 0 Å². The molecule has 2 aliphatic heterocycles. The van der Waals surface area contributed by atoms with Crippen LogP contribution >= 0.6 is 0 Å². The van der Waals surface area contributed by atoms with Gasteiger partial charge < -0.3 is 9.80 Å². The Hall–Kier alpha value is -0.610. The van der Waals surface area contributed by atoms with Crippen LogP contribution in [0.4, 0.5) is 0 Å². The van der Waals surface area contributed by atoms with Crippen LogP contribution in [0.15, 0.2) is 0 Å². The van der Waals surface area contributed by atoms with Crippen molar-refractivity contribution in [2.45, 2.75) is 57.7 Å². The number of hydrogen-bond donors (Lipinski definition) is 1. The zero-order valence-electron chi connectivity index (χ0n) is 12.1. The summed E-state index contributed by atoms with van der Waals surface area (Å²) in [6.45, 7) is 6.26. The lowest BCUT2D eigenvalue weighted by Gasteiger charge is -2.35. The maximum atomic E-state index is 12.2. The number of nitrogens with one attached hydrogen (secondary N) is 1. The van der Waals surface area contributed by atoms with Crippen molar-refractivity contribution in [2.24, 2.45) is 5.92 Å². The van der Waals surface area contributed by atoms with Crippen molar-refractivity contribution in [3.05, 3.63) is 0 Å². The lowest BCUT2D eigenvalue weighted by Crippen LogP contribution is -2.50. The Kier molecular flexibility index (Phi) is 4.08. The van der Waals surface area contributed by atoms with Crippen molar-refractivity contribution in [1.82, 2.24) is 15.1 Å². The summed E-state index contributed by atoms with van der Waals surface area (Å²) < 4.78 is 0. The molecule has 19 heavy (non-hydrogen) atoms. The van der Waals surface area contributed by atoms with E-state index in [1.54, 1.807) is 0 Å². The lowest BCUT2D eigenvalue weighted by atomic mass is 10.0. The smallest absolute Gasteiger partial charge is 0.238 e. The zero-order valence-corrected chi connectivity index (χ0v) is 12.1. The van der Waals surface area contributed by atoms with E-state index in [4.69, 9.17) is 0 Å². The summed E-state index contributed by atoms with van der Waals surface area (Å²) in [4.78, 5) is 16.9. The molecule has 0 bridgehead atoms. The summed E-state index contributed by atoms with van der Waals surface area (Å²) in [6, 6.07) is 0.353. The van der Waals surface area contributed by atoms with Crippen molar-refractivity contribution in [1.29, 1.82) is 0 Å². The molecule has 4 nitrogen and oxygen atoms in total. The Morgan fingerprint density at radius 2 is 1.89 bits per heavy atom. The van der Waals surface area contributed by atoms with Gasteiger partial charge in [0.25, 0.3) is 0 Å². The first kappa shape index (κ1) is 13.4. The van der Waals surface area contributed by atoms with Crippen molar-refractivity contribution in [2.75, 3.05) is 26.2 Å². The fraction of sp³-hybridized carbons (Fsp3) is 0.933. The standard InChI is InChI=1S/C15H27N3O/c1-12(11-17-8-4-5-9-17)18-14(19)10-16-15(18)13-6-2-3-7-13/h12-13,15-16H,2-11H2,1H3. The van der Waals surface area contributed by atoms with E-state index in [2.05, 4.69) is 22.0 Å². The normalized spacial score (nSPS) is 31.5. The second kappa shape index (κ2) is 5.80. The quantitative estimate of drug-likeness (QED) is 0.835. The van der Waals surface area contributed by atoms with Crippen LogP contribution in [0.1, 0.15) is 45.4 Å². The first-order valence-electron chi connectivity index (χ1n) is 8.02. The minimum Gasteiger partial charge on any atom is -0.322 e. The van der Waals surface area contributed by atoms with Gasteiger partial charge in [0.2, 0.25) is 5.91 Å². The molecule has 1 aliphatic carbocycles. The van der Waals surface area contributed by atoms with Gasteiger partial charge >= 0.3 is 0 Å². The highest BCUT2D eigenvalue weighted by atomic mass is 16.2. The number of likely N-dealkylation sites (tertiary alicyclic amines) is 1. The number of rotatable bonds is 4. The molecule has 0 aromatic carbocycles. The average molecular weight is 265 g/mol. The molecule has 1 saturated carbocycles. The fourth-order valence-corrected chi connectivity index (χ4v) is 4.15. The number of nitrogens with zero attached hydrogens (tertiary/aromatic N) is 2. The number of carbonyl (C=O) groups is 1. The van der Waals surface area contributed by atoms with Gasteiger partial charge in [0.15, 0.2) is 0 Å². The molecule has 3 fully saturated rings. The molecule has 2 saturated heterocycles. The summed E-state index contributed by atoms with van der Waals surface area (Å²) in [5.41, 5.74) is 0. The van der Waals surface area contributed by atoms with Gasteiger partial charge in [0, 0.05) is 12.6 Å². The minimum absolute atomic E-state index is 0.309. The molecule has 0 aromatic heterocycles. The molecule has 3 rings (SSSR count). The van der Waals surface area contributed by atoms with Crippen molar-refractivity contribution < 1.29 is 4.79 Å². The third-order valence-corrected chi connectivity index (χ3v) is 5.09. The van der Waals surface area contributed by atoms with Crippen LogP contribution in [-0.2, 0) is 4.79 Å². The maximum Gasteiger partial charge on any atom is 0.238 e. The van der Waals surface area contributed by atoms with E-state index in [9.17, 15) is 4.79 Å². The Bertz CT molecular complexity index is 321. The third-order valence-electron chi connectivity index (χ3n) is 5.09. The molecule has 2 heterocycles. The third kappa shape index (κ3) is 2.79. The van der Waals surface area contributed by atoms with Gasteiger partial charge in [-0.25, -0.2) is 0 Å². The van der Waals surface area contributed by atoms with Gasteiger partial charge in [-0.15, -0.1) is 0 Å². The summed E-state index contributed by atoms with van der Waals surface area (Å²) in [6.07, 6.45) is 8.22. The van der Waals surface area contributed by atoms with E-state index in [0.29, 0.717) is 30.6 Å². The van der Waals surface area contributed by atoms with E-state index in [0.717, 1.165) is 6.54 Å². The Morgan fingerprint density at radius 3 is 2.58 bits per heavy atom. The van der Waals surface area contributed by atoms with Crippen LogP contribution in [0, 0.1) is 5.92 Å². The molecular weight excluding hydrogens is 238 g/mol. The monoisotopic (exact) mass is 265 g/mol. The highest BCUT2D eigenvalue weighted by molar-refractivity contribution is 5.81. The van der Waals surface area contributed by atoms with Crippen LogP contribution < -0.4 is 5.32 Å². The van der Waals surface area contributed by atoms with Crippen LogP contribution in [-0.4, -0.2) is 54.1 Å². The van der Waals surface area contributed by atoms with Gasteiger partial charge in [-0.3, -0.25) is 10.1 Å². The summed E-state index contributed by atoms with van der Waals surface area (Å²) in [5.74, 6) is 0.996. The largest absolute Gasteiger partial charge is 0.322 e. The molecule has 3 aliphatic rings. The average Bonchev–Trinajstić information content (AvgIpc) is 3.07. The van der Waals surface area contributed by atoms with E-state index in [1.807, 2.05) is 0 Å². The highest BCUT2D eigenvalue weighted by Gasteiger charge is 2.39. The molecule has 0 radical (unpaired) electrons. The molecule has 4 heteroatoms. The summed E-state index contributed by atoms with van der Waals surface area (Å²) >= 11 is 0. The van der Waals surface area contributed by atoms with Gasteiger partial charge in [-0.1, -0.05) is 12.8 Å². The van der Waals surface area contributed by atoms with Gasteiger partial charge in [-0.2, -0.15) is 0 Å². The molecule has 1 N–H and O–H groups in total. The van der Waals surface area contributed by atoms with Crippen molar-refractivity contribution >= 4 is 5.91 Å². The minimum atomic E-state index is 0.309. The van der Waals surface area contributed by atoms with E-state index >= 15 is 0 Å². The SMILES string of the molecule is CC(CN1CCCC1)N1C(=O)CNC1C1CCCC1. The first-order valence-corrected chi connectivity index (χ1v) is 8.02. The molecular formula is C15H27N3O. The second-order valence-corrected chi connectivity index (χ2v) is 6.53. The molecule has 2 unspecified atom stereocenters. The van der Waals surface area contributed by atoms with Crippen molar-refractivity contribution in [3.63, 3.8) is 0 Å². The van der Waals surface area contributed by atoms with Crippen LogP contribution in [0.2, 0.25) is 0 Å². The maximum absolute atomic E-state index is 12.2. The summed E-state index contributed by atoms with van der Waals surface area (Å²) in [7, 11) is 0. The lowest BCUT2D eigenvalue weighted by molar-refractivity contribution is -0.131. The highest BCUT2D eigenvalue weighted by Crippen LogP contribution is 2.31. The predicted molar refractivity (Wildman–Crippen MR) is 75.7 cm³/mol. The number of hydrogen-bond acceptors (Lipinski definition) is 3. The molecule has 0 spiro atoms. The predicted octanol–water partition coefficient (Wildman–Crippen LogP) is 1.42. The molecule has 108 valence electrons. The molecule has 1 amide bonds. The fourth-order valence-electron chi connectivity index (χ4n) is 4.15. The second-order valence-electron chi connectivity index (χ2n) is 6.53. The van der Waals surface area contributed by atoms with Gasteiger partial charge in [0.1, 0.15) is 0 Å². The van der Waals surface area contributed by atoms with Crippen molar-refractivity contribution in [3.8, 4) is 0 Å². The van der Waals surface area contributed by atoms with Gasteiger partial charge in [-0.05, 0) is 51.6 Å². The molecule has 0 aromatic rings. The van der Waals surface area contributed by atoms with E-state index in [-0.39, 0.29) is 0 Å². The zero-order chi connectivity index (χ0) is 13.2. The molecule has 2 atom stereocenters. The Balaban J connectivity index is 1.63. The first-order chi connectivity index (χ1) is 9.25. The number of amides is 1. The van der Waals surface area contributed by atoms with E-state index < -0.39 is 0 Å². The topological polar surface area (TPSA) is 35.6 Å².